The molecule has 0 aliphatic carbocycles. The average Bonchev–Trinajstić information content (AvgIpc) is 3.09. The molecule has 0 saturated carbocycles. The SMILES string of the molecule is COc1cccc(NC(=O)CSc2nnc(-c3ccccc3F)o2)c1. The number of nitrogens with zero attached hydrogens (tertiary/aromatic N) is 2. The zero-order valence-corrected chi connectivity index (χ0v) is 14.0. The molecule has 2 aromatic carbocycles. The van der Waals surface area contributed by atoms with Crippen LogP contribution in [0.1, 0.15) is 0 Å². The Balaban J connectivity index is 1.58. The second-order valence-electron chi connectivity index (χ2n) is 4.92. The van der Waals surface area contributed by atoms with Crippen molar-refractivity contribution in [3.8, 4) is 17.2 Å². The van der Waals surface area contributed by atoms with Crippen LogP contribution in [0, 0.1) is 5.82 Å². The fraction of sp³-hybridized carbons (Fsp3) is 0.118. The van der Waals surface area contributed by atoms with E-state index < -0.39 is 5.82 Å². The molecular weight excluding hydrogens is 345 g/mol. The number of hydrogen-bond donors (Lipinski definition) is 1. The van der Waals surface area contributed by atoms with Gasteiger partial charge >= 0.3 is 0 Å². The van der Waals surface area contributed by atoms with Crippen molar-refractivity contribution in [1.29, 1.82) is 0 Å². The summed E-state index contributed by atoms with van der Waals surface area (Å²) in [7, 11) is 1.56. The molecule has 8 heteroatoms. The Morgan fingerprint density at radius 1 is 1.24 bits per heavy atom. The molecule has 3 rings (SSSR count). The molecule has 1 heterocycles. The maximum atomic E-state index is 13.7. The summed E-state index contributed by atoms with van der Waals surface area (Å²) in [5.41, 5.74) is 0.852. The number of ether oxygens (including phenoxy) is 1. The van der Waals surface area contributed by atoms with Gasteiger partial charge in [0.2, 0.25) is 5.91 Å². The van der Waals surface area contributed by atoms with Crippen LogP contribution in [0.2, 0.25) is 0 Å². The molecule has 1 amide bonds. The average molecular weight is 359 g/mol. The summed E-state index contributed by atoms with van der Waals surface area (Å²) < 4.78 is 24.2. The van der Waals surface area contributed by atoms with Crippen LogP contribution in [0.4, 0.5) is 10.1 Å². The summed E-state index contributed by atoms with van der Waals surface area (Å²) in [6, 6.07) is 13.2. The van der Waals surface area contributed by atoms with Crippen molar-refractivity contribution < 1.29 is 18.3 Å². The molecule has 3 aromatic rings. The summed E-state index contributed by atoms with van der Waals surface area (Å²) in [5.74, 6) is 0.129. The second kappa shape index (κ2) is 7.80. The molecule has 0 spiro atoms. The lowest BCUT2D eigenvalue weighted by Gasteiger charge is -2.05. The smallest absolute Gasteiger partial charge is 0.277 e. The first-order chi connectivity index (χ1) is 12.2. The number of methoxy groups -OCH3 is 1. The topological polar surface area (TPSA) is 77.2 Å². The van der Waals surface area contributed by atoms with E-state index in [-0.39, 0.29) is 28.3 Å². The molecule has 0 aliphatic heterocycles. The van der Waals surface area contributed by atoms with Crippen molar-refractivity contribution in [2.24, 2.45) is 0 Å². The fourth-order valence-electron chi connectivity index (χ4n) is 2.04. The third kappa shape index (κ3) is 4.36. The molecule has 1 N–H and O–H groups in total. The summed E-state index contributed by atoms with van der Waals surface area (Å²) in [6.07, 6.45) is 0. The minimum atomic E-state index is -0.446. The first-order valence-corrected chi connectivity index (χ1v) is 8.29. The summed E-state index contributed by atoms with van der Waals surface area (Å²) in [5, 5.41) is 10.6. The van der Waals surface area contributed by atoms with Gasteiger partial charge in [-0.05, 0) is 24.3 Å². The van der Waals surface area contributed by atoms with E-state index in [0.717, 1.165) is 11.8 Å². The Morgan fingerprint density at radius 3 is 2.88 bits per heavy atom. The molecule has 0 saturated heterocycles. The van der Waals surface area contributed by atoms with E-state index in [1.165, 1.54) is 6.07 Å². The van der Waals surface area contributed by atoms with Crippen LogP contribution in [0.15, 0.2) is 58.2 Å². The predicted molar refractivity (Wildman–Crippen MR) is 92.0 cm³/mol. The first kappa shape index (κ1) is 17.0. The third-order valence-corrected chi connectivity index (χ3v) is 4.01. The Labute approximate surface area is 147 Å². The Kier molecular flexibility index (Phi) is 5.30. The number of hydrogen-bond acceptors (Lipinski definition) is 6. The van der Waals surface area contributed by atoms with Gasteiger partial charge in [0.1, 0.15) is 11.6 Å². The molecule has 0 bridgehead atoms. The van der Waals surface area contributed by atoms with E-state index in [1.807, 2.05) is 0 Å². The van der Waals surface area contributed by atoms with E-state index in [2.05, 4.69) is 15.5 Å². The molecule has 6 nitrogen and oxygen atoms in total. The minimum absolute atomic E-state index is 0.0776. The molecule has 25 heavy (non-hydrogen) atoms. The van der Waals surface area contributed by atoms with Gasteiger partial charge in [0, 0.05) is 11.8 Å². The van der Waals surface area contributed by atoms with Crippen molar-refractivity contribution in [2.45, 2.75) is 5.22 Å². The summed E-state index contributed by atoms with van der Waals surface area (Å²) in [6.45, 7) is 0. The number of nitrogens with one attached hydrogen (secondary N) is 1. The van der Waals surface area contributed by atoms with Gasteiger partial charge in [-0.2, -0.15) is 0 Å². The van der Waals surface area contributed by atoms with Crippen molar-refractivity contribution in [3.05, 3.63) is 54.3 Å². The number of carbonyl (C=O) groups is 1. The second-order valence-corrected chi connectivity index (χ2v) is 5.85. The third-order valence-electron chi connectivity index (χ3n) is 3.19. The highest BCUT2D eigenvalue weighted by atomic mass is 32.2. The van der Waals surface area contributed by atoms with E-state index in [4.69, 9.17) is 9.15 Å². The van der Waals surface area contributed by atoms with Crippen LogP contribution in [0.3, 0.4) is 0 Å². The summed E-state index contributed by atoms with van der Waals surface area (Å²) in [4.78, 5) is 12.0. The van der Waals surface area contributed by atoms with E-state index in [1.54, 1.807) is 49.6 Å². The molecular formula is C17H14FN3O3S. The standard InChI is InChI=1S/C17H14FN3O3S/c1-23-12-6-4-5-11(9-12)19-15(22)10-25-17-21-20-16(24-17)13-7-2-3-8-14(13)18/h2-9H,10H2,1H3,(H,19,22). The van der Waals surface area contributed by atoms with Crippen molar-refractivity contribution in [3.63, 3.8) is 0 Å². The highest BCUT2D eigenvalue weighted by Gasteiger charge is 2.14. The number of aromatic nitrogens is 2. The van der Waals surface area contributed by atoms with Crippen LogP contribution >= 0.6 is 11.8 Å². The van der Waals surface area contributed by atoms with Gasteiger partial charge in [0.05, 0.1) is 18.4 Å². The number of benzene rings is 2. The molecule has 0 unspecified atom stereocenters. The van der Waals surface area contributed by atoms with Gasteiger partial charge in [0.15, 0.2) is 0 Å². The van der Waals surface area contributed by atoms with Crippen LogP contribution < -0.4 is 10.1 Å². The maximum absolute atomic E-state index is 13.7. The normalized spacial score (nSPS) is 10.5. The largest absolute Gasteiger partial charge is 0.497 e. The van der Waals surface area contributed by atoms with Gasteiger partial charge in [-0.1, -0.05) is 30.0 Å². The number of carbonyl (C=O) groups excluding carboxylic acids is 1. The van der Waals surface area contributed by atoms with Crippen molar-refractivity contribution >= 4 is 23.4 Å². The zero-order chi connectivity index (χ0) is 17.6. The molecule has 0 aliphatic rings. The number of rotatable bonds is 6. The zero-order valence-electron chi connectivity index (χ0n) is 13.2. The summed E-state index contributed by atoms with van der Waals surface area (Å²) >= 11 is 1.07. The maximum Gasteiger partial charge on any atom is 0.277 e. The highest BCUT2D eigenvalue weighted by molar-refractivity contribution is 7.99. The molecule has 1 aromatic heterocycles. The Bertz CT molecular complexity index is 885. The van der Waals surface area contributed by atoms with Crippen molar-refractivity contribution in [2.75, 3.05) is 18.2 Å². The molecule has 0 fully saturated rings. The number of amides is 1. The van der Waals surface area contributed by atoms with Crippen molar-refractivity contribution in [1.82, 2.24) is 10.2 Å². The van der Waals surface area contributed by atoms with E-state index >= 15 is 0 Å². The van der Waals surface area contributed by atoms with Gasteiger partial charge in [-0.3, -0.25) is 4.79 Å². The number of halogens is 1. The molecule has 128 valence electrons. The fourth-order valence-corrected chi connectivity index (χ4v) is 2.60. The van der Waals surface area contributed by atoms with Crippen LogP contribution in [0.25, 0.3) is 11.5 Å². The van der Waals surface area contributed by atoms with E-state index in [9.17, 15) is 9.18 Å². The Hall–Kier alpha value is -2.87. The van der Waals surface area contributed by atoms with Crippen LogP contribution in [-0.4, -0.2) is 29.0 Å². The number of thioether (sulfide) groups is 1. The monoisotopic (exact) mass is 359 g/mol. The molecule has 0 atom stereocenters. The van der Waals surface area contributed by atoms with E-state index in [0.29, 0.717) is 11.4 Å². The van der Waals surface area contributed by atoms with Gasteiger partial charge in [-0.15, -0.1) is 10.2 Å². The quantitative estimate of drug-likeness (QED) is 0.678. The highest BCUT2D eigenvalue weighted by Crippen LogP contribution is 2.25. The predicted octanol–water partition coefficient (Wildman–Crippen LogP) is 3.62. The van der Waals surface area contributed by atoms with Gasteiger partial charge in [-0.25, -0.2) is 4.39 Å². The van der Waals surface area contributed by atoms with Crippen LogP contribution in [0.5, 0.6) is 5.75 Å². The minimum Gasteiger partial charge on any atom is -0.497 e. The van der Waals surface area contributed by atoms with Gasteiger partial charge in [0.25, 0.3) is 11.1 Å². The lowest BCUT2D eigenvalue weighted by Crippen LogP contribution is -2.13. The number of anilines is 1. The Morgan fingerprint density at radius 2 is 2.08 bits per heavy atom. The lowest BCUT2D eigenvalue weighted by molar-refractivity contribution is -0.113. The first-order valence-electron chi connectivity index (χ1n) is 7.31. The van der Waals surface area contributed by atoms with Crippen LogP contribution in [-0.2, 0) is 4.79 Å². The van der Waals surface area contributed by atoms with Gasteiger partial charge < -0.3 is 14.5 Å². The lowest BCUT2D eigenvalue weighted by atomic mass is 10.2. The molecule has 0 radical (unpaired) electrons.